The van der Waals surface area contributed by atoms with Crippen molar-refractivity contribution in [2.75, 3.05) is 0 Å². The molecular formula is C24H25FN3O2+. The molecule has 4 bridgehead atoms. The van der Waals surface area contributed by atoms with E-state index in [0.717, 1.165) is 37.0 Å². The van der Waals surface area contributed by atoms with E-state index >= 15 is 0 Å². The molecule has 0 radical (unpaired) electrons. The molecule has 4 fully saturated rings. The summed E-state index contributed by atoms with van der Waals surface area (Å²) in [6.45, 7) is 0. The van der Waals surface area contributed by atoms with Crippen molar-refractivity contribution in [1.82, 2.24) is 10.3 Å². The lowest BCUT2D eigenvalue weighted by molar-refractivity contribution is -0.519. The highest BCUT2D eigenvalue weighted by molar-refractivity contribution is 5.98. The van der Waals surface area contributed by atoms with E-state index in [1.165, 1.54) is 25.3 Å². The minimum Gasteiger partial charge on any atom is -0.388 e. The second-order valence-corrected chi connectivity index (χ2v) is 9.45. The van der Waals surface area contributed by atoms with Gasteiger partial charge in [0.2, 0.25) is 5.69 Å². The number of ether oxygens (including phenoxy) is 1. The van der Waals surface area contributed by atoms with Crippen molar-refractivity contribution in [3.63, 3.8) is 0 Å². The summed E-state index contributed by atoms with van der Waals surface area (Å²) in [5, 5.41) is 3.41. The third kappa shape index (κ3) is 2.89. The molecule has 7 rings (SSSR count). The van der Waals surface area contributed by atoms with Crippen molar-refractivity contribution in [3.05, 3.63) is 60.2 Å². The predicted octanol–water partition coefficient (Wildman–Crippen LogP) is 4.38. The summed E-state index contributed by atoms with van der Waals surface area (Å²) in [5.41, 5.74) is 1.10. The number of amides is 1. The topological polar surface area (TPSA) is 58.2 Å². The number of aromatic amines is 1. The van der Waals surface area contributed by atoms with Gasteiger partial charge in [-0.2, -0.15) is 9.38 Å². The fourth-order valence-corrected chi connectivity index (χ4v) is 6.50. The first-order valence-electron chi connectivity index (χ1n) is 10.9. The lowest BCUT2D eigenvalue weighted by Gasteiger charge is -2.56. The molecule has 1 amide bonds. The summed E-state index contributed by atoms with van der Waals surface area (Å²) >= 11 is 0. The standard InChI is InChI=1S/C24H24FN3O2/c25-18-5-1-2-7-20(18)30-23-26-21(19-6-3-4-8-28(19)23)22(29)27-24-12-15-9-16(13-24)11-17(10-15)14-24/h1-8,15-17H,9-14H2,(H,27,29)/p+1. The molecule has 30 heavy (non-hydrogen) atoms. The molecule has 0 atom stereocenters. The van der Waals surface area contributed by atoms with Crippen LogP contribution >= 0.6 is 0 Å². The van der Waals surface area contributed by atoms with Crippen LogP contribution in [0.3, 0.4) is 0 Å². The molecule has 0 spiro atoms. The van der Waals surface area contributed by atoms with Crippen molar-refractivity contribution < 1.29 is 18.3 Å². The van der Waals surface area contributed by atoms with Gasteiger partial charge in [0.15, 0.2) is 17.1 Å². The first kappa shape index (κ1) is 17.9. The molecule has 154 valence electrons. The Labute approximate surface area is 174 Å². The van der Waals surface area contributed by atoms with Gasteiger partial charge in [-0.3, -0.25) is 4.79 Å². The number of pyridine rings is 1. The van der Waals surface area contributed by atoms with E-state index in [-0.39, 0.29) is 17.2 Å². The number of aromatic nitrogens is 2. The molecule has 0 unspecified atom stereocenters. The number of fused-ring (bicyclic) bond motifs is 1. The van der Waals surface area contributed by atoms with Crippen LogP contribution in [0.2, 0.25) is 0 Å². The van der Waals surface area contributed by atoms with E-state index in [0.29, 0.717) is 17.2 Å². The van der Waals surface area contributed by atoms with E-state index in [1.807, 2.05) is 24.4 Å². The van der Waals surface area contributed by atoms with Gasteiger partial charge in [0.05, 0.1) is 0 Å². The second-order valence-electron chi connectivity index (χ2n) is 9.45. The smallest absolute Gasteiger partial charge is 0.388 e. The number of hydrogen-bond acceptors (Lipinski definition) is 2. The van der Waals surface area contributed by atoms with Crippen molar-refractivity contribution in [2.24, 2.45) is 17.8 Å². The summed E-state index contributed by atoms with van der Waals surface area (Å²) in [5.74, 6) is 1.83. The highest BCUT2D eigenvalue weighted by Crippen LogP contribution is 2.55. The normalized spacial score (nSPS) is 29.3. The summed E-state index contributed by atoms with van der Waals surface area (Å²) in [4.78, 5) is 16.5. The number of rotatable bonds is 4. The molecule has 4 saturated carbocycles. The number of imidazole rings is 1. The maximum absolute atomic E-state index is 14.1. The summed E-state index contributed by atoms with van der Waals surface area (Å²) in [7, 11) is 0. The maximum atomic E-state index is 14.1. The van der Waals surface area contributed by atoms with Gasteiger partial charge >= 0.3 is 6.01 Å². The lowest BCUT2D eigenvalue weighted by atomic mass is 9.53. The Bertz CT molecular complexity index is 1100. The minimum absolute atomic E-state index is 0.0741. The summed E-state index contributed by atoms with van der Waals surface area (Å²) in [6.07, 6.45) is 9.08. The Hall–Kier alpha value is -2.89. The van der Waals surface area contributed by atoms with Crippen LogP contribution in [0, 0.1) is 23.6 Å². The molecule has 1 aromatic carbocycles. The zero-order valence-electron chi connectivity index (χ0n) is 16.7. The van der Waals surface area contributed by atoms with Gasteiger partial charge in [-0.25, -0.2) is 4.39 Å². The third-order valence-electron chi connectivity index (χ3n) is 7.25. The zero-order chi connectivity index (χ0) is 20.3. The van der Waals surface area contributed by atoms with E-state index in [1.54, 1.807) is 22.6 Å². The van der Waals surface area contributed by atoms with Crippen LogP contribution in [0.4, 0.5) is 4.39 Å². The first-order chi connectivity index (χ1) is 14.6. The molecule has 0 aliphatic heterocycles. The number of carbonyl (C=O) groups excluding carboxylic acids is 1. The van der Waals surface area contributed by atoms with Gasteiger partial charge in [0.25, 0.3) is 5.91 Å². The monoisotopic (exact) mass is 406 g/mol. The number of nitrogens with zero attached hydrogens (tertiary/aromatic N) is 1. The molecule has 6 heteroatoms. The Morgan fingerprint density at radius 1 is 1.03 bits per heavy atom. The predicted molar refractivity (Wildman–Crippen MR) is 109 cm³/mol. The lowest BCUT2D eigenvalue weighted by Crippen LogP contribution is -2.59. The Kier molecular flexibility index (Phi) is 3.92. The van der Waals surface area contributed by atoms with Gasteiger partial charge in [-0.15, -0.1) is 0 Å². The van der Waals surface area contributed by atoms with Crippen LogP contribution in [-0.4, -0.2) is 16.4 Å². The number of carbonyl (C=O) groups is 1. The highest BCUT2D eigenvalue weighted by atomic mass is 19.1. The molecule has 3 aromatic rings. The number of nitrogens with one attached hydrogen (secondary N) is 2. The Morgan fingerprint density at radius 2 is 1.70 bits per heavy atom. The van der Waals surface area contributed by atoms with E-state index < -0.39 is 5.82 Å². The quantitative estimate of drug-likeness (QED) is 0.632. The highest BCUT2D eigenvalue weighted by Gasteiger charge is 2.52. The zero-order valence-corrected chi connectivity index (χ0v) is 16.7. The van der Waals surface area contributed by atoms with Gasteiger partial charge in [0, 0.05) is 5.54 Å². The average molecular weight is 406 g/mol. The number of para-hydroxylation sites is 1. The van der Waals surface area contributed by atoms with Gasteiger partial charge in [-0.1, -0.05) is 18.2 Å². The van der Waals surface area contributed by atoms with Crippen molar-refractivity contribution in [2.45, 2.75) is 44.1 Å². The molecular weight excluding hydrogens is 381 g/mol. The molecule has 2 N–H and O–H groups in total. The van der Waals surface area contributed by atoms with E-state index in [9.17, 15) is 9.18 Å². The van der Waals surface area contributed by atoms with Crippen LogP contribution in [0.15, 0.2) is 48.7 Å². The first-order valence-corrected chi connectivity index (χ1v) is 10.9. The second kappa shape index (κ2) is 6.56. The average Bonchev–Trinajstić information content (AvgIpc) is 3.07. The minimum atomic E-state index is -0.448. The largest absolute Gasteiger partial charge is 0.465 e. The SMILES string of the molecule is O=C(NC12CC3CC(CC(C3)C1)C2)c1[nH]c(Oc2ccccc2F)[n+]2ccccc12. The Morgan fingerprint density at radius 3 is 2.40 bits per heavy atom. The fraction of sp³-hybridized carbons (Fsp3) is 0.417. The third-order valence-corrected chi connectivity index (χ3v) is 7.25. The molecule has 0 saturated heterocycles. The van der Waals surface area contributed by atoms with Gasteiger partial charge in [0.1, 0.15) is 6.20 Å². The number of hydrogen-bond donors (Lipinski definition) is 2. The molecule has 4 aliphatic rings. The summed E-state index contributed by atoms with van der Waals surface area (Å²) < 4.78 is 21.7. The van der Waals surface area contributed by atoms with Crippen LogP contribution < -0.4 is 14.5 Å². The van der Waals surface area contributed by atoms with Crippen molar-refractivity contribution in [1.29, 1.82) is 0 Å². The van der Waals surface area contributed by atoms with Gasteiger partial charge in [-0.05, 0) is 80.5 Å². The number of H-pyrrole nitrogens is 1. The van der Waals surface area contributed by atoms with Crippen molar-refractivity contribution in [3.8, 4) is 11.8 Å². The van der Waals surface area contributed by atoms with Crippen LogP contribution in [0.5, 0.6) is 11.8 Å². The van der Waals surface area contributed by atoms with E-state index in [2.05, 4.69) is 10.3 Å². The summed E-state index contributed by atoms with van der Waals surface area (Å²) in [6, 6.07) is 12.2. The fourth-order valence-electron chi connectivity index (χ4n) is 6.50. The molecule has 5 nitrogen and oxygen atoms in total. The van der Waals surface area contributed by atoms with Crippen LogP contribution in [0.25, 0.3) is 5.52 Å². The van der Waals surface area contributed by atoms with Crippen LogP contribution in [-0.2, 0) is 0 Å². The van der Waals surface area contributed by atoms with E-state index in [4.69, 9.17) is 4.74 Å². The molecule has 2 heterocycles. The maximum Gasteiger partial charge on any atom is 0.465 e. The van der Waals surface area contributed by atoms with Crippen molar-refractivity contribution >= 4 is 11.4 Å². The molecule has 4 aliphatic carbocycles. The van der Waals surface area contributed by atoms with Crippen LogP contribution in [0.1, 0.15) is 49.0 Å². The molecule has 2 aromatic heterocycles. The number of benzene rings is 1. The Balaban J connectivity index is 1.33. The van der Waals surface area contributed by atoms with Gasteiger partial charge < -0.3 is 10.1 Å². The number of halogens is 1.